The molecule has 1 aliphatic heterocycles. The van der Waals surface area contributed by atoms with Crippen molar-refractivity contribution in [3.8, 4) is 11.3 Å². The van der Waals surface area contributed by atoms with Crippen LogP contribution in [0.5, 0.6) is 0 Å². The van der Waals surface area contributed by atoms with Crippen LogP contribution >= 0.6 is 0 Å². The van der Waals surface area contributed by atoms with E-state index in [-0.39, 0.29) is 24.4 Å². The maximum atomic E-state index is 12.7. The quantitative estimate of drug-likeness (QED) is 0.747. The Balaban J connectivity index is 1.77. The van der Waals surface area contributed by atoms with Gasteiger partial charge in [-0.3, -0.25) is 9.59 Å². The lowest BCUT2D eigenvalue weighted by Gasteiger charge is -2.18. The summed E-state index contributed by atoms with van der Waals surface area (Å²) < 4.78 is 25.2. The Kier molecular flexibility index (Phi) is 5.69. The highest BCUT2D eigenvalue weighted by Crippen LogP contribution is 2.22. The van der Waals surface area contributed by atoms with E-state index in [9.17, 15) is 23.1 Å². The molecule has 2 N–H and O–H groups in total. The SMILES string of the molecule is CN(C)S(=O)(=O)C[C@@H]1CN(C(=O)c2ccc(-c3ccccc3)[nH]c2=O)C[C@H]1O. The lowest BCUT2D eigenvalue weighted by atomic mass is 10.1. The van der Waals surface area contributed by atoms with Crippen molar-refractivity contribution in [3.63, 3.8) is 0 Å². The molecule has 0 aliphatic carbocycles. The molecule has 0 bridgehead atoms. The van der Waals surface area contributed by atoms with E-state index >= 15 is 0 Å². The van der Waals surface area contributed by atoms with Crippen LogP contribution in [0.1, 0.15) is 10.4 Å². The minimum atomic E-state index is -3.51. The molecule has 0 radical (unpaired) electrons. The van der Waals surface area contributed by atoms with Crippen LogP contribution < -0.4 is 5.56 Å². The highest BCUT2D eigenvalue weighted by atomic mass is 32.2. The van der Waals surface area contributed by atoms with Gasteiger partial charge in [0.05, 0.1) is 11.9 Å². The fourth-order valence-corrected chi connectivity index (χ4v) is 4.37. The summed E-state index contributed by atoms with van der Waals surface area (Å²) in [7, 11) is -0.657. The van der Waals surface area contributed by atoms with Crippen LogP contribution in [-0.4, -0.2) is 72.7 Å². The normalized spacial score (nSPS) is 19.9. The van der Waals surface area contributed by atoms with Gasteiger partial charge in [-0.05, 0) is 17.7 Å². The number of pyridine rings is 1. The molecule has 8 nitrogen and oxygen atoms in total. The van der Waals surface area contributed by atoms with Gasteiger partial charge in [-0.1, -0.05) is 30.3 Å². The van der Waals surface area contributed by atoms with Crippen LogP contribution in [0.2, 0.25) is 0 Å². The minimum absolute atomic E-state index is 0.00761. The van der Waals surface area contributed by atoms with Gasteiger partial charge in [0.2, 0.25) is 10.0 Å². The number of nitrogens with one attached hydrogen (secondary N) is 1. The highest BCUT2D eigenvalue weighted by molar-refractivity contribution is 7.89. The number of hydrogen-bond acceptors (Lipinski definition) is 5. The van der Waals surface area contributed by atoms with E-state index in [1.54, 1.807) is 6.07 Å². The first kappa shape index (κ1) is 20.2. The predicted octanol–water partition coefficient (Wildman–Crippen LogP) is 0.366. The molecule has 28 heavy (non-hydrogen) atoms. The number of carbonyl (C=O) groups is 1. The van der Waals surface area contributed by atoms with Gasteiger partial charge in [0.1, 0.15) is 5.56 Å². The van der Waals surface area contributed by atoms with Crippen molar-refractivity contribution in [2.75, 3.05) is 32.9 Å². The van der Waals surface area contributed by atoms with Crippen LogP contribution in [0.25, 0.3) is 11.3 Å². The van der Waals surface area contributed by atoms with Crippen LogP contribution in [-0.2, 0) is 10.0 Å². The number of likely N-dealkylation sites (tertiary alicyclic amines) is 1. The maximum absolute atomic E-state index is 12.7. The molecule has 2 heterocycles. The van der Waals surface area contributed by atoms with Gasteiger partial charge in [-0.25, -0.2) is 12.7 Å². The fourth-order valence-electron chi connectivity index (χ4n) is 3.20. The fraction of sp³-hybridized carbons (Fsp3) is 0.368. The largest absolute Gasteiger partial charge is 0.391 e. The van der Waals surface area contributed by atoms with Crippen molar-refractivity contribution < 1.29 is 18.3 Å². The third-order valence-electron chi connectivity index (χ3n) is 4.90. The molecule has 3 rings (SSSR count). The van der Waals surface area contributed by atoms with Gasteiger partial charge in [0.15, 0.2) is 0 Å². The number of β-amino-alcohol motifs (C(OH)–C–C–N with tert-alkyl or cyclic N) is 1. The Labute approximate surface area is 163 Å². The predicted molar refractivity (Wildman–Crippen MR) is 105 cm³/mol. The van der Waals surface area contributed by atoms with Gasteiger partial charge in [0, 0.05) is 38.8 Å². The lowest BCUT2D eigenvalue weighted by Crippen LogP contribution is -2.35. The van der Waals surface area contributed by atoms with Gasteiger partial charge in [-0.15, -0.1) is 0 Å². The first-order valence-corrected chi connectivity index (χ1v) is 10.5. The monoisotopic (exact) mass is 405 g/mol. The van der Waals surface area contributed by atoms with E-state index in [0.29, 0.717) is 5.69 Å². The summed E-state index contributed by atoms with van der Waals surface area (Å²) in [6.45, 7) is 0.0687. The molecule has 1 fully saturated rings. The molecule has 0 unspecified atom stereocenters. The smallest absolute Gasteiger partial charge is 0.261 e. The first-order valence-electron chi connectivity index (χ1n) is 8.85. The second-order valence-electron chi connectivity index (χ2n) is 7.08. The van der Waals surface area contributed by atoms with E-state index in [2.05, 4.69) is 4.98 Å². The summed E-state index contributed by atoms with van der Waals surface area (Å²) in [5.74, 6) is -1.38. The zero-order valence-corrected chi connectivity index (χ0v) is 16.5. The van der Waals surface area contributed by atoms with E-state index in [1.807, 2.05) is 30.3 Å². The topological polar surface area (TPSA) is 111 Å². The van der Waals surface area contributed by atoms with E-state index in [1.165, 1.54) is 25.1 Å². The summed E-state index contributed by atoms with van der Waals surface area (Å²) in [6.07, 6.45) is -0.957. The molecule has 1 aliphatic rings. The summed E-state index contributed by atoms with van der Waals surface area (Å²) in [5, 5.41) is 10.2. The maximum Gasteiger partial charge on any atom is 0.261 e. The van der Waals surface area contributed by atoms with Crippen molar-refractivity contribution in [1.29, 1.82) is 0 Å². The average molecular weight is 405 g/mol. The number of amides is 1. The molecule has 1 aromatic carbocycles. The standard InChI is InChI=1S/C19H23N3O5S/c1-21(2)28(26,27)12-14-10-22(11-17(14)23)19(25)15-8-9-16(20-18(15)24)13-6-4-3-5-7-13/h3-9,14,17,23H,10-12H2,1-2H3,(H,20,24)/t14-,17+/m0/s1. The number of aromatic amines is 1. The molecule has 2 aromatic rings. The van der Waals surface area contributed by atoms with E-state index in [0.717, 1.165) is 9.87 Å². The van der Waals surface area contributed by atoms with Crippen molar-refractivity contribution >= 4 is 15.9 Å². The molecular weight excluding hydrogens is 382 g/mol. The molecule has 1 saturated heterocycles. The molecule has 150 valence electrons. The summed E-state index contributed by atoms with van der Waals surface area (Å²) in [4.78, 5) is 29.2. The summed E-state index contributed by atoms with van der Waals surface area (Å²) in [6, 6.07) is 12.4. The third-order valence-corrected chi connectivity index (χ3v) is 6.86. The number of rotatable bonds is 5. The molecule has 1 amide bonds. The number of H-pyrrole nitrogens is 1. The molecule has 2 atom stereocenters. The van der Waals surface area contributed by atoms with Gasteiger partial charge in [0.25, 0.3) is 11.5 Å². The van der Waals surface area contributed by atoms with Crippen LogP contribution in [0, 0.1) is 5.92 Å². The van der Waals surface area contributed by atoms with Crippen molar-refractivity contribution in [2.45, 2.75) is 6.10 Å². The zero-order valence-electron chi connectivity index (χ0n) is 15.7. The molecule has 0 saturated carbocycles. The second kappa shape index (κ2) is 7.86. The summed E-state index contributed by atoms with van der Waals surface area (Å²) in [5.41, 5.74) is 0.857. The Morgan fingerprint density at radius 2 is 1.86 bits per heavy atom. The number of aliphatic hydroxyl groups excluding tert-OH is 1. The number of carbonyl (C=O) groups excluding carboxylic acids is 1. The van der Waals surface area contributed by atoms with E-state index < -0.39 is 33.5 Å². The highest BCUT2D eigenvalue weighted by Gasteiger charge is 2.38. The van der Waals surface area contributed by atoms with Crippen LogP contribution in [0.4, 0.5) is 0 Å². The second-order valence-corrected chi connectivity index (χ2v) is 9.31. The van der Waals surface area contributed by atoms with Crippen LogP contribution in [0.15, 0.2) is 47.3 Å². The van der Waals surface area contributed by atoms with Crippen molar-refractivity contribution in [1.82, 2.24) is 14.2 Å². The van der Waals surface area contributed by atoms with Crippen LogP contribution in [0.3, 0.4) is 0 Å². The molecule has 0 spiro atoms. The number of nitrogens with zero attached hydrogens (tertiary/aromatic N) is 2. The minimum Gasteiger partial charge on any atom is -0.391 e. The van der Waals surface area contributed by atoms with E-state index in [4.69, 9.17) is 0 Å². The molecular formula is C19H23N3O5S. The number of sulfonamides is 1. The number of benzene rings is 1. The zero-order chi connectivity index (χ0) is 20.5. The van der Waals surface area contributed by atoms with Gasteiger partial charge in [-0.2, -0.15) is 0 Å². The Hall–Kier alpha value is -2.49. The summed E-state index contributed by atoms with van der Waals surface area (Å²) >= 11 is 0. The molecule has 9 heteroatoms. The average Bonchev–Trinajstić information content (AvgIpc) is 3.01. The first-order chi connectivity index (χ1) is 13.2. The number of hydrogen-bond donors (Lipinski definition) is 2. The van der Waals surface area contributed by atoms with Crippen molar-refractivity contribution in [3.05, 3.63) is 58.4 Å². The molecule has 1 aromatic heterocycles. The number of aromatic nitrogens is 1. The third kappa shape index (κ3) is 4.16. The number of aliphatic hydroxyl groups is 1. The van der Waals surface area contributed by atoms with Crippen molar-refractivity contribution in [2.24, 2.45) is 5.92 Å². The Morgan fingerprint density at radius 3 is 2.46 bits per heavy atom. The lowest BCUT2D eigenvalue weighted by molar-refractivity contribution is 0.0763. The van der Waals surface area contributed by atoms with Gasteiger partial charge < -0.3 is 15.0 Å². The Bertz CT molecular complexity index is 1020. The van der Waals surface area contributed by atoms with Gasteiger partial charge >= 0.3 is 0 Å². The Morgan fingerprint density at radius 1 is 1.18 bits per heavy atom.